The highest BCUT2D eigenvalue weighted by Crippen LogP contribution is 2.20. The van der Waals surface area contributed by atoms with E-state index in [9.17, 15) is 4.79 Å². The van der Waals surface area contributed by atoms with Crippen LogP contribution >= 0.6 is 0 Å². The first-order valence-corrected chi connectivity index (χ1v) is 9.27. The maximum Gasteiger partial charge on any atom is 0.251 e. The Morgan fingerprint density at radius 3 is 2.92 bits per heavy atom. The van der Waals surface area contributed by atoms with Crippen LogP contribution in [0.1, 0.15) is 35.8 Å². The van der Waals surface area contributed by atoms with Gasteiger partial charge in [-0.3, -0.25) is 9.69 Å². The van der Waals surface area contributed by atoms with Crippen molar-refractivity contribution in [2.75, 3.05) is 32.0 Å². The number of aryl methyl sites for hydroxylation is 1. The molecule has 0 spiro atoms. The van der Waals surface area contributed by atoms with Gasteiger partial charge in [-0.25, -0.2) is 9.97 Å². The van der Waals surface area contributed by atoms with Gasteiger partial charge in [0.1, 0.15) is 5.82 Å². The Hall–Kier alpha value is -2.47. The molecule has 0 unspecified atom stereocenters. The summed E-state index contributed by atoms with van der Waals surface area (Å²) in [4.78, 5) is 24.0. The molecular formula is C20H27N5O. The highest BCUT2D eigenvalue weighted by molar-refractivity contribution is 5.95. The summed E-state index contributed by atoms with van der Waals surface area (Å²) < 4.78 is 0. The van der Waals surface area contributed by atoms with Gasteiger partial charge in [0.2, 0.25) is 0 Å². The van der Waals surface area contributed by atoms with Crippen molar-refractivity contribution in [2.24, 2.45) is 0 Å². The molecule has 1 saturated heterocycles. The van der Waals surface area contributed by atoms with Crippen molar-refractivity contribution < 1.29 is 4.79 Å². The molecule has 0 aliphatic carbocycles. The van der Waals surface area contributed by atoms with E-state index in [1.54, 1.807) is 0 Å². The standard InChI is InChI=1S/C20H27N5O/c1-4-25-10-6-9-17(25)13-22-20(26)16-8-5-7-15(12-16)19-23-14(2)11-18(21-3)24-19/h5,7-8,11-12,17H,4,6,9-10,13H2,1-3H3,(H,22,26)(H,21,23,24)/t17-/m1/s1. The van der Waals surface area contributed by atoms with Crippen molar-refractivity contribution in [3.8, 4) is 11.4 Å². The Kier molecular flexibility index (Phi) is 5.83. The first kappa shape index (κ1) is 18.3. The van der Waals surface area contributed by atoms with E-state index in [2.05, 4.69) is 32.4 Å². The van der Waals surface area contributed by atoms with Crippen LogP contribution < -0.4 is 10.6 Å². The number of carbonyl (C=O) groups is 1. The number of likely N-dealkylation sites (N-methyl/N-ethyl adjacent to an activating group) is 1. The fraction of sp³-hybridized carbons (Fsp3) is 0.450. The van der Waals surface area contributed by atoms with Gasteiger partial charge in [-0.1, -0.05) is 19.1 Å². The maximum absolute atomic E-state index is 12.6. The van der Waals surface area contributed by atoms with Crippen LogP contribution in [0, 0.1) is 6.92 Å². The lowest BCUT2D eigenvalue weighted by molar-refractivity contribution is 0.0941. The number of rotatable bonds is 6. The van der Waals surface area contributed by atoms with E-state index in [4.69, 9.17) is 0 Å². The zero-order valence-electron chi connectivity index (χ0n) is 15.7. The largest absolute Gasteiger partial charge is 0.373 e. The Balaban J connectivity index is 1.72. The number of likely N-dealkylation sites (tertiary alicyclic amines) is 1. The van der Waals surface area contributed by atoms with E-state index in [0.29, 0.717) is 24.0 Å². The number of nitrogens with zero attached hydrogens (tertiary/aromatic N) is 3. The van der Waals surface area contributed by atoms with Crippen molar-refractivity contribution in [2.45, 2.75) is 32.7 Å². The predicted molar refractivity (Wildman–Crippen MR) is 104 cm³/mol. The minimum absolute atomic E-state index is 0.0451. The molecule has 1 amide bonds. The molecule has 3 rings (SSSR count). The zero-order chi connectivity index (χ0) is 18.5. The third-order valence-corrected chi connectivity index (χ3v) is 4.90. The van der Waals surface area contributed by atoms with Crippen molar-refractivity contribution >= 4 is 11.7 Å². The molecule has 0 saturated carbocycles. The van der Waals surface area contributed by atoms with Gasteiger partial charge < -0.3 is 10.6 Å². The molecular weight excluding hydrogens is 326 g/mol. The molecule has 2 N–H and O–H groups in total. The van der Waals surface area contributed by atoms with E-state index in [0.717, 1.165) is 36.6 Å². The molecule has 6 heteroatoms. The molecule has 1 aromatic heterocycles. The summed E-state index contributed by atoms with van der Waals surface area (Å²) >= 11 is 0. The van der Waals surface area contributed by atoms with Gasteiger partial charge in [0.25, 0.3) is 5.91 Å². The molecule has 6 nitrogen and oxygen atoms in total. The van der Waals surface area contributed by atoms with Crippen molar-refractivity contribution in [3.63, 3.8) is 0 Å². The maximum atomic E-state index is 12.6. The Bertz CT molecular complexity index is 777. The van der Waals surface area contributed by atoms with E-state index in [-0.39, 0.29) is 5.91 Å². The molecule has 1 aliphatic rings. The minimum atomic E-state index is -0.0451. The Morgan fingerprint density at radius 1 is 1.31 bits per heavy atom. The molecule has 2 aromatic rings. The summed E-state index contributed by atoms with van der Waals surface area (Å²) in [5.41, 5.74) is 2.36. The molecule has 1 aromatic carbocycles. The SMILES string of the molecule is CCN1CCC[C@@H]1CNC(=O)c1cccc(-c2nc(C)cc(NC)n2)c1. The quantitative estimate of drug-likeness (QED) is 0.836. The highest BCUT2D eigenvalue weighted by Gasteiger charge is 2.23. The van der Waals surface area contributed by atoms with E-state index >= 15 is 0 Å². The van der Waals surface area contributed by atoms with Gasteiger partial charge in [-0.2, -0.15) is 0 Å². The minimum Gasteiger partial charge on any atom is -0.373 e. The number of hydrogen-bond donors (Lipinski definition) is 2. The van der Waals surface area contributed by atoms with Crippen LogP contribution in [0.15, 0.2) is 30.3 Å². The average Bonchev–Trinajstić information content (AvgIpc) is 3.13. The van der Waals surface area contributed by atoms with Crippen LogP contribution in [0.4, 0.5) is 5.82 Å². The number of aromatic nitrogens is 2. The van der Waals surface area contributed by atoms with Crippen molar-refractivity contribution in [1.82, 2.24) is 20.2 Å². The summed E-state index contributed by atoms with van der Waals surface area (Å²) in [5.74, 6) is 1.34. The lowest BCUT2D eigenvalue weighted by atomic mass is 10.1. The second kappa shape index (κ2) is 8.27. The monoisotopic (exact) mass is 353 g/mol. The van der Waals surface area contributed by atoms with Gasteiger partial charge >= 0.3 is 0 Å². The lowest BCUT2D eigenvalue weighted by Crippen LogP contribution is -2.40. The zero-order valence-corrected chi connectivity index (χ0v) is 15.7. The van der Waals surface area contributed by atoms with Crippen molar-refractivity contribution in [1.29, 1.82) is 0 Å². The van der Waals surface area contributed by atoms with Crippen LogP contribution in [0.3, 0.4) is 0 Å². The molecule has 1 aliphatic heterocycles. The fourth-order valence-electron chi connectivity index (χ4n) is 3.48. The van der Waals surface area contributed by atoms with Gasteiger partial charge in [-0.05, 0) is 45.0 Å². The van der Waals surface area contributed by atoms with Gasteiger partial charge in [0, 0.05) is 42.5 Å². The Labute approximate surface area is 155 Å². The molecule has 1 atom stereocenters. The van der Waals surface area contributed by atoms with Gasteiger partial charge in [0.05, 0.1) is 0 Å². The van der Waals surface area contributed by atoms with E-state index in [1.807, 2.05) is 44.3 Å². The average molecular weight is 353 g/mol. The second-order valence-electron chi connectivity index (χ2n) is 6.68. The number of amides is 1. The summed E-state index contributed by atoms with van der Waals surface area (Å²) in [6.45, 7) is 6.97. The van der Waals surface area contributed by atoms with Crippen molar-refractivity contribution in [3.05, 3.63) is 41.6 Å². The second-order valence-corrected chi connectivity index (χ2v) is 6.68. The number of anilines is 1. The van der Waals surface area contributed by atoms with Crippen LogP contribution in [-0.2, 0) is 0 Å². The summed E-state index contributed by atoms with van der Waals surface area (Å²) in [6, 6.07) is 9.84. The van der Waals surface area contributed by atoms with Crippen LogP contribution in [0.25, 0.3) is 11.4 Å². The van der Waals surface area contributed by atoms with Gasteiger partial charge in [0.15, 0.2) is 5.82 Å². The predicted octanol–water partition coefficient (Wildman–Crippen LogP) is 2.71. The number of nitrogens with one attached hydrogen (secondary N) is 2. The first-order valence-electron chi connectivity index (χ1n) is 9.27. The molecule has 0 radical (unpaired) electrons. The normalized spacial score (nSPS) is 17.3. The smallest absolute Gasteiger partial charge is 0.251 e. The van der Waals surface area contributed by atoms with E-state index < -0.39 is 0 Å². The molecule has 26 heavy (non-hydrogen) atoms. The summed E-state index contributed by atoms with van der Waals surface area (Å²) in [7, 11) is 1.83. The number of carbonyl (C=O) groups excluding carboxylic acids is 1. The third kappa shape index (κ3) is 4.19. The first-order chi connectivity index (χ1) is 12.6. The lowest BCUT2D eigenvalue weighted by Gasteiger charge is -2.22. The van der Waals surface area contributed by atoms with Gasteiger partial charge in [-0.15, -0.1) is 0 Å². The third-order valence-electron chi connectivity index (χ3n) is 4.90. The molecule has 138 valence electrons. The Morgan fingerprint density at radius 2 is 2.15 bits per heavy atom. The summed E-state index contributed by atoms with van der Waals surface area (Å²) in [5, 5.41) is 6.13. The van der Waals surface area contributed by atoms with Crippen LogP contribution in [-0.4, -0.2) is 53.5 Å². The fourth-order valence-corrected chi connectivity index (χ4v) is 3.48. The summed E-state index contributed by atoms with van der Waals surface area (Å²) in [6.07, 6.45) is 2.36. The van der Waals surface area contributed by atoms with Crippen LogP contribution in [0.2, 0.25) is 0 Å². The molecule has 2 heterocycles. The molecule has 1 fully saturated rings. The van der Waals surface area contributed by atoms with E-state index in [1.165, 1.54) is 6.42 Å². The molecule has 0 bridgehead atoms. The number of benzene rings is 1. The number of hydrogen-bond acceptors (Lipinski definition) is 5. The highest BCUT2D eigenvalue weighted by atomic mass is 16.1. The topological polar surface area (TPSA) is 70.2 Å². The van der Waals surface area contributed by atoms with Crippen LogP contribution in [0.5, 0.6) is 0 Å².